The number of hydrogen-bond donors (Lipinski definition) is 3. The lowest BCUT2D eigenvalue weighted by Gasteiger charge is -2.41. The van der Waals surface area contributed by atoms with E-state index in [1.807, 2.05) is 44.2 Å². The van der Waals surface area contributed by atoms with Crippen LogP contribution < -0.4 is 10.8 Å². The van der Waals surface area contributed by atoms with Gasteiger partial charge in [0.2, 0.25) is 10.0 Å². The molecule has 0 aliphatic carbocycles. The van der Waals surface area contributed by atoms with Crippen molar-refractivity contribution >= 4 is 21.8 Å². The number of aliphatic hydroxyl groups excluding tert-OH is 1. The lowest BCUT2D eigenvalue weighted by Crippen LogP contribution is -2.59. The van der Waals surface area contributed by atoms with Crippen LogP contribution >= 0.6 is 0 Å². The molecule has 2 aromatic rings. The van der Waals surface area contributed by atoms with Crippen molar-refractivity contribution in [2.24, 2.45) is 5.92 Å². The van der Waals surface area contributed by atoms with Crippen LogP contribution in [0.3, 0.4) is 0 Å². The van der Waals surface area contributed by atoms with Crippen LogP contribution in [0.25, 0.3) is 0 Å². The molecule has 1 fully saturated rings. The van der Waals surface area contributed by atoms with E-state index in [0.717, 1.165) is 20.8 Å². The number of benzene rings is 2. The van der Waals surface area contributed by atoms with Crippen molar-refractivity contribution in [3.05, 3.63) is 54.1 Å². The molecule has 1 aliphatic heterocycles. The largest absolute Gasteiger partial charge is 0.530 e. The summed E-state index contributed by atoms with van der Waals surface area (Å²) in [5.41, 5.74) is 6.42. The summed E-state index contributed by atoms with van der Waals surface area (Å²) in [7, 11) is -4.13. The Kier molecular flexibility index (Phi) is 9.18. The van der Waals surface area contributed by atoms with Crippen LogP contribution in [0.5, 0.6) is 5.75 Å². The third-order valence-corrected chi connectivity index (χ3v) is 8.02. The van der Waals surface area contributed by atoms with E-state index in [4.69, 9.17) is 10.5 Å². The molecule has 0 saturated carbocycles. The minimum atomic E-state index is -4.13. The van der Waals surface area contributed by atoms with Crippen LogP contribution in [0.15, 0.2) is 53.4 Å². The first kappa shape index (κ1) is 27.7. The lowest BCUT2D eigenvalue weighted by atomic mass is 9.97. The third-order valence-electron chi connectivity index (χ3n) is 6.20. The van der Waals surface area contributed by atoms with Gasteiger partial charge in [-0.25, -0.2) is 8.42 Å². The quantitative estimate of drug-likeness (QED) is 0.293. The highest BCUT2D eigenvalue weighted by molar-refractivity contribution is 7.89. The molecule has 1 saturated heterocycles. The van der Waals surface area contributed by atoms with Gasteiger partial charge in [0.15, 0.2) is 0 Å². The van der Waals surface area contributed by atoms with Crippen molar-refractivity contribution in [2.75, 3.05) is 32.0 Å². The number of aliphatic hydroxyl groups is 1. The fraction of sp³-hybridized carbons (Fsp3) is 0.480. The Morgan fingerprint density at radius 3 is 2.44 bits per heavy atom. The molecule has 1 aliphatic rings. The number of aromatic hydroxyl groups is 1. The fourth-order valence-corrected chi connectivity index (χ4v) is 6.08. The number of phenols is 1. The number of anilines is 1. The summed E-state index contributed by atoms with van der Waals surface area (Å²) >= 11 is 0. The van der Waals surface area contributed by atoms with Gasteiger partial charge in [-0.15, -0.1) is 0 Å². The monoisotopic (exact) mass is 520 g/mol. The highest BCUT2D eigenvalue weighted by Gasteiger charge is 2.37. The van der Waals surface area contributed by atoms with Gasteiger partial charge in [0.25, 0.3) is 0 Å². The minimum Gasteiger partial charge on any atom is -0.530 e. The molecule has 3 atom stereocenters. The van der Waals surface area contributed by atoms with Crippen molar-refractivity contribution in [3.8, 4) is 5.75 Å². The van der Waals surface area contributed by atoms with Crippen molar-refractivity contribution in [1.29, 1.82) is 0 Å². The Hall–Kier alpha value is -2.86. The molecule has 3 rings (SSSR count). The number of rotatable bonds is 11. The predicted octanol–water partition coefficient (Wildman–Crippen LogP) is 1.03. The van der Waals surface area contributed by atoms with E-state index in [-0.39, 0.29) is 48.4 Å². The van der Waals surface area contributed by atoms with Crippen molar-refractivity contribution in [2.45, 2.75) is 49.8 Å². The highest BCUT2D eigenvalue weighted by atomic mass is 32.2. The van der Waals surface area contributed by atoms with E-state index >= 15 is 0 Å². The molecule has 36 heavy (non-hydrogen) atoms. The fourth-order valence-electron chi connectivity index (χ4n) is 4.42. The summed E-state index contributed by atoms with van der Waals surface area (Å²) in [6.07, 6.45) is -2.21. The Morgan fingerprint density at radius 1 is 1.19 bits per heavy atom. The Labute approximate surface area is 212 Å². The maximum atomic E-state index is 13.5. The minimum absolute atomic E-state index is 0.0795. The summed E-state index contributed by atoms with van der Waals surface area (Å²) < 4.78 is 33.6. The summed E-state index contributed by atoms with van der Waals surface area (Å²) in [4.78, 5) is 13.2. The summed E-state index contributed by atoms with van der Waals surface area (Å²) in [5.74, 6) is -0.329. The number of sulfonamides is 1. The summed E-state index contributed by atoms with van der Waals surface area (Å²) in [6, 6.07) is 11.2. The SMILES string of the molecule is CC(C)CN(C[C@@H](O)[C@H](Cc1ccccc1)N(C(=O)[O-])[C@H]1CCOC1)S(=O)(=O)c1ccc(O)c(N)c1. The average molecular weight is 521 g/mol. The van der Waals surface area contributed by atoms with E-state index < -0.39 is 34.3 Å². The van der Waals surface area contributed by atoms with E-state index in [2.05, 4.69) is 0 Å². The average Bonchev–Trinajstić information content (AvgIpc) is 3.34. The van der Waals surface area contributed by atoms with E-state index in [1.165, 1.54) is 12.1 Å². The molecule has 10 nitrogen and oxygen atoms in total. The molecule has 198 valence electrons. The van der Waals surface area contributed by atoms with Gasteiger partial charge in [0, 0.05) is 19.7 Å². The van der Waals surface area contributed by atoms with Crippen LogP contribution in [0.1, 0.15) is 25.8 Å². The zero-order valence-electron chi connectivity index (χ0n) is 20.5. The van der Waals surface area contributed by atoms with Gasteiger partial charge in [0.05, 0.1) is 35.4 Å². The number of nitrogen functional groups attached to an aromatic ring is 1. The predicted molar refractivity (Wildman–Crippen MR) is 133 cm³/mol. The van der Waals surface area contributed by atoms with Crippen LogP contribution in [0.4, 0.5) is 10.5 Å². The number of carbonyl (C=O) groups excluding carboxylic acids is 1. The van der Waals surface area contributed by atoms with Crippen LogP contribution in [0.2, 0.25) is 0 Å². The molecule has 4 N–H and O–H groups in total. The third kappa shape index (κ3) is 6.67. The van der Waals surface area contributed by atoms with Crippen LogP contribution in [-0.2, 0) is 21.2 Å². The maximum Gasteiger partial charge on any atom is 0.243 e. The number of ether oxygens (including phenoxy) is 1. The Balaban J connectivity index is 1.96. The smallest absolute Gasteiger partial charge is 0.243 e. The van der Waals surface area contributed by atoms with E-state index in [1.54, 1.807) is 0 Å². The topological polar surface area (TPSA) is 156 Å². The first-order valence-electron chi connectivity index (χ1n) is 11.9. The summed E-state index contributed by atoms with van der Waals surface area (Å²) in [6.45, 7) is 3.97. The number of nitrogens with two attached hydrogens (primary N) is 1. The van der Waals surface area contributed by atoms with Gasteiger partial charge in [-0.3, -0.25) is 0 Å². The number of nitrogens with zero attached hydrogens (tertiary/aromatic N) is 2. The molecule has 0 radical (unpaired) electrons. The number of carboxylic acid groups (broad SMARTS) is 1. The molecular formula is C25H34N3O7S-. The van der Waals surface area contributed by atoms with Crippen molar-refractivity contribution in [3.63, 3.8) is 0 Å². The van der Waals surface area contributed by atoms with Crippen LogP contribution in [-0.4, -0.2) is 78.4 Å². The second-order valence-corrected chi connectivity index (χ2v) is 11.4. The molecule has 1 amide bonds. The zero-order chi connectivity index (χ0) is 26.5. The first-order valence-corrected chi connectivity index (χ1v) is 13.3. The van der Waals surface area contributed by atoms with Gasteiger partial charge in [-0.1, -0.05) is 44.2 Å². The van der Waals surface area contributed by atoms with Gasteiger partial charge < -0.3 is 35.5 Å². The standard InChI is InChI=1S/C25H35N3O7S/c1-17(2)14-27(36(33,34)20-8-9-23(29)21(26)13-20)15-24(30)22(12-18-6-4-3-5-7-18)28(25(31)32)19-10-11-35-16-19/h3-9,13,17,19,22,24,29-30H,10-12,14-16,26H2,1-2H3,(H,31,32)/p-1/t19-,22-,24+/m0/s1. The number of hydrogen-bond acceptors (Lipinski definition) is 8. The Morgan fingerprint density at radius 2 is 1.89 bits per heavy atom. The van der Waals surface area contributed by atoms with Gasteiger partial charge in [-0.05, 0) is 42.5 Å². The number of carbonyl (C=O) groups is 1. The molecule has 0 aromatic heterocycles. The van der Waals surface area contributed by atoms with Crippen LogP contribution in [0, 0.1) is 5.92 Å². The molecule has 11 heteroatoms. The Bertz CT molecular complexity index is 1120. The molecular weight excluding hydrogens is 486 g/mol. The van der Waals surface area contributed by atoms with Crippen molar-refractivity contribution in [1.82, 2.24) is 9.21 Å². The zero-order valence-corrected chi connectivity index (χ0v) is 21.3. The van der Waals surface area contributed by atoms with Gasteiger partial charge in [-0.2, -0.15) is 4.31 Å². The highest BCUT2D eigenvalue weighted by Crippen LogP contribution is 2.27. The number of amides is 1. The molecule has 2 aromatic carbocycles. The van der Waals surface area contributed by atoms with Crippen molar-refractivity contribution < 1.29 is 33.3 Å². The molecule has 0 bridgehead atoms. The number of phenolic OH excluding ortho intramolecular Hbond substituents is 1. The second kappa shape index (κ2) is 11.9. The molecule has 0 unspecified atom stereocenters. The first-order chi connectivity index (χ1) is 17.0. The van der Waals surface area contributed by atoms with Gasteiger partial charge in [0.1, 0.15) is 11.8 Å². The normalized spacial score (nSPS) is 17.9. The maximum absolute atomic E-state index is 13.5. The molecule has 0 spiro atoms. The molecule has 1 heterocycles. The second-order valence-electron chi connectivity index (χ2n) is 9.45. The van der Waals surface area contributed by atoms with Gasteiger partial charge >= 0.3 is 0 Å². The lowest BCUT2D eigenvalue weighted by molar-refractivity contribution is -0.272. The summed E-state index contributed by atoms with van der Waals surface area (Å²) in [5, 5.41) is 33.4. The van der Waals surface area contributed by atoms with E-state index in [9.17, 15) is 28.5 Å². The van der Waals surface area contributed by atoms with E-state index in [0.29, 0.717) is 13.0 Å².